The van der Waals surface area contributed by atoms with Crippen molar-refractivity contribution in [3.63, 3.8) is 0 Å². The van der Waals surface area contributed by atoms with Crippen LogP contribution in [0.25, 0.3) is 0 Å². The Morgan fingerprint density at radius 2 is 2.14 bits per heavy atom. The van der Waals surface area contributed by atoms with E-state index in [9.17, 15) is 13.2 Å². The molecule has 0 amide bonds. The monoisotopic (exact) mass is 395 g/mol. The molecule has 8 heteroatoms. The average Bonchev–Trinajstić information content (AvgIpc) is 2.92. The van der Waals surface area contributed by atoms with Crippen LogP contribution >= 0.6 is 27.5 Å². The van der Waals surface area contributed by atoms with Crippen molar-refractivity contribution in [1.82, 2.24) is 0 Å². The second kappa shape index (κ2) is 6.54. The lowest BCUT2D eigenvalue weighted by Gasteiger charge is -2.19. The van der Waals surface area contributed by atoms with E-state index < -0.39 is 27.2 Å². The van der Waals surface area contributed by atoms with Crippen molar-refractivity contribution in [2.45, 2.75) is 24.5 Å². The van der Waals surface area contributed by atoms with Crippen molar-refractivity contribution < 1.29 is 17.9 Å². The molecule has 21 heavy (non-hydrogen) atoms. The van der Waals surface area contributed by atoms with E-state index in [2.05, 4.69) is 20.7 Å². The smallest absolute Gasteiger partial charge is 0.310 e. The summed E-state index contributed by atoms with van der Waals surface area (Å²) in [6.07, 6.45) is 1.64. The van der Waals surface area contributed by atoms with Gasteiger partial charge in [0.15, 0.2) is 0 Å². The topological polar surface area (TPSA) is 72.5 Å². The zero-order chi connectivity index (χ0) is 15.6. The molecule has 1 fully saturated rings. The molecular weight excluding hydrogens is 382 g/mol. The summed E-state index contributed by atoms with van der Waals surface area (Å²) in [6.45, 7) is 0. The molecule has 0 saturated heterocycles. The first-order chi connectivity index (χ1) is 9.85. The lowest BCUT2D eigenvalue weighted by molar-refractivity contribution is -0.145. The molecule has 2 atom stereocenters. The van der Waals surface area contributed by atoms with Gasteiger partial charge in [-0.1, -0.05) is 18.0 Å². The first-order valence-corrected chi connectivity index (χ1v) is 9.11. The fraction of sp³-hybridized carbons (Fsp3) is 0.462. The maximum absolute atomic E-state index is 12.5. The summed E-state index contributed by atoms with van der Waals surface area (Å²) in [6, 6.07) is 4.83. The minimum atomic E-state index is -3.70. The third-order valence-electron chi connectivity index (χ3n) is 3.54. The SMILES string of the molecule is COC(=O)C1CCCC1S(=O)(=O)Nc1cc(Cl)ccc1Br. The number of anilines is 1. The van der Waals surface area contributed by atoms with Crippen LogP contribution in [0, 0.1) is 5.92 Å². The number of carbonyl (C=O) groups excluding carboxylic acids is 1. The van der Waals surface area contributed by atoms with Gasteiger partial charge in [-0.2, -0.15) is 0 Å². The third-order valence-corrected chi connectivity index (χ3v) is 6.33. The number of hydrogen-bond acceptors (Lipinski definition) is 4. The van der Waals surface area contributed by atoms with Crippen molar-refractivity contribution in [1.29, 1.82) is 0 Å². The molecule has 1 saturated carbocycles. The molecule has 1 aromatic rings. The van der Waals surface area contributed by atoms with Crippen LogP contribution in [-0.4, -0.2) is 26.7 Å². The fourth-order valence-corrected chi connectivity index (χ4v) is 4.96. The lowest BCUT2D eigenvalue weighted by Crippen LogP contribution is -2.35. The van der Waals surface area contributed by atoms with E-state index in [4.69, 9.17) is 16.3 Å². The highest BCUT2D eigenvalue weighted by atomic mass is 79.9. The summed E-state index contributed by atoms with van der Waals surface area (Å²) in [5.41, 5.74) is 0.359. The highest BCUT2D eigenvalue weighted by Crippen LogP contribution is 2.34. The lowest BCUT2D eigenvalue weighted by atomic mass is 10.1. The summed E-state index contributed by atoms with van der Waals surface area (Å²) in [4.78, 5) is 11.7. The predicted octanol–water partition coefficient (Wildman–Crippen LogP) is 3.19. The van der Waals surface area contributed by atoms with Gasteiger partial charge in [-0.05, 0) is 47.0 Å². The number of ether oxygens (including phenoxy) is 1. The van der Waals surface area contributed by atoms with Gasteiger partial charge in [-0.25, -0.2) is 8.42 Å². The molecule has 0 spiro atoms. The van der Waals surface area contributed by atoms with Crippen molar-refractivity contribution in [3.05, 3.63) is 27.7 Å². The molecule has 1 aromatic carbocycles. The van der Waals surface area contributed by atoms with E-state index in [1.54, 1.807) is 12.1 Å². The molecule has 1 aliphatic carbocycles. The van der Waals surface area contributed by atoms with Crippen LogP contribution in [0.5, 0.6) is 0 Å². The zero-order valence-corrected chi connectivity index (χ0v) is 14.5. The highest BCUT2D eigenvalue weighted by molar-refractivity contribution is 9.10. The Bertz CT molecular complexity index is 650. The van der Waals surface area contributed by atoms with Gasteiger partial charge in [0.05, 0.1) is 24.0 Å². The number of benzene rings is 1. The van der Waals surface area contributed by atoms with E-state index in [0.29, 0.717) is 34.4 Å². The molecule has 0 bridgehead atoms. The van der Waals surface area contributed by atoms with Crippen LogP contribution < -0.4 is 4.72 Å². The molecule has 5 nitrogen and oxygen atoms in total. The number of esters is 1. The summed E-state index contributed by atoms with van der Waals surface area (Å²) < 4.78 is 32.8. The van der Waals surface area contributed by atoms with Gasteiger partial charge in [0, 0.05) is 9.50 Å². The quantitative estimate of drug-likeness (QED) is 0.793. The van der Waals surface area contributed by atoms with E-state index in [1.165, 1.54) is 13.2 Å². The van der Waals surface area contributed by atoms with E-state index in [0.717, 1.165) is 0 Å². The van der Waals surface area contributed by atoms with Crippen LogP contribution in [0.1, 0.15) is 19.3 Å². The van der Waals surface area contributed by atoms with Crippen LogP contribution in [0.4, 0.5) is 5.69 Å². The van der Waals surface area contributed by atoms with Gasteiger partial charge < -0.3 is 4.74 Å². The first-order valence-electron chi connectivity index (χ1n) is 6.39. The summed E-state index contributed by atoms with van der Waals surface area (Å²) in [7, 11) is -2.43. The van der Waals surface area contributed by atoms with Gasteiger partial charge in [0.2, 0.25) is 10.0 Å². The highest BCUT2D eigenvalue weighted by Gasteiger charge is 2.42. The van der Waals surface area contributed by atoms with Crippen LogP contribution in [0.15, 0.2) is 22.7 Å². The molecule has 1 aliphatic rings. The number of halogens is 2. The standard InChI is InChI=1S/C13H15BrClNO4S/c1-20-13(17)9-3-2-4-12(9)21(18,19)16-11-7-8(15)5-6-10(11)14/h5-7,9,12,16H,2-4H2,1H3. The number of sulfonamides is 1. The van der Waals surface area contributed by atoms with Gasteiger partial charge >= 0.3 is 5.97 Å². The van der Waals surface area contributed by atoms with Crippen molar-refractivity contribution in [3.8, 4) is 0 Å². The van der Waals surface area contributed by atoms with Gasteiger partial charge in [0.1, 0.15) is 0 Å². The van der Waals surface area contributed by atoms with Gasteiger partial charge in [-0.3, -0.25) is 9.52 Å². The van der Waals surface area contributed by atoms with E-state index >= 15 is 0 Å². The average molecular weight is 397 g/mol. The number of methoxy groups -OCH3 is 1. The molecule has 0 heterocycles. The molecular formula is C13H15BrClNO4S. The summed E-state index contributed by atoms with van der Waals surface area (Å²) in [5, 5.41) is -0.359. The van der Waals surface area contributed by atoms with Crippen LogP contribution in [0.3, 0.4) is 0 Å². The van der Waals surface area contributed by atoms with Gasteiger partial charge in [-0.15, -0.1) is 0 Å². The van der Waals surface area contributed by atoms with E-state index in [1.807, 2.05) is 0 Å². The Hall–Kier alpha value is -0.790. The summed E-state index contributed by atoms with van der Waals surface area (Å²) in [5.74, 6) is -1.10. The third kappa shape index (κ3) is 3.70. The molecule has 0 aromatic heterocycles. The Balaban J connectivity index is 2.25. The number of hydrogen-bond donors (Lipinski definition) is 1. The first kappa shape index (κ1) is 16.6. The molecule has 0 aliphatic heterocycles. The second-order valence-corrected chi connectivity index (χ2v) is 8.06. The minimum Gasteiger partial charge on any atom is -0.469 e. The zero-order valence-electron chi connectivity index (χ0n) is 11.3. The molecule has 1 N–H and O–H groups in total. The van der Waals surface area contributed by atoms with E-state index in [-0.39, 0.29) is 0 Å². The maximum Gasteiger partial charge on any atom is 0.310 e. The Labute approximate surface area is 137 Å². The normalized spacial score (nSPS) is 22.0. The minimum absolute atomic E-state index is 0.359. The summed E-state index contributed by atoms with van der Waals surface area (Å²) >= 11 is 9.15. The van der Waals surface area contributed by atoms with Crippen LogP contribution in [-0.2, 0) is 19.6 Å². The van der Waals surface area contributed by atoms with Crippen molar-refractivity contribution in [2.75, 3.05) is 11.8 Å². The van der Waals surface area contributed by atoms with Crippen LogP contribution in [0.2, 0.25) is 5.02 Å². The molecule has 0 radical (unpaired) electrons. The molecule has 2 rings (SSSR count). The number of carbonyl (C=O) groups is 1. The largest absolute Gasteiger partial charge is 0.469 e. The second-order valence-electron chi connectivity index (χ2n) is 4.87. The molecule has 116 valence electrons. The Morgan fingerprint density at radius 1 is 1.43 bits per heavy atom. The van der Waals surface area contributed by atoms with Crippen molar-refractivity contribution >= 4 is 49.2 Å². The van der Waals surface area contributed by atoms with Gasteiger partial charge in [0.25, 0.3) is 0 Å². The predicted molar refractivity (Wildman–Crippen MR) is 84.8 cm³/mol. The Kier molecular flexibility index (Phi) is 5.16. The molecule has 2 unspecified atom stereocenters. The van der Waals surface area contributed by atoms with Crippen molar-refractivity contribution in [2.24, 2.45) is 5.92 Å². The number of rotatable bonds is 4. The maximum atomic E-state index is 12.5. The number of nitrogens with one attached hydrogen (secondary N) is 1. The Morgan fingerprint density at radius 3 is 2.81 bits per heavy atom. The fourth-order valence-electron chi connectivity index (χ4n) is 2.52.